The van der Waals surface area contributed by atoms with Gasteiger partial charge in [-0.15, -0.1) is 0 Å². The van der Waals surface area contributed by atoms with Gasteiger partial charge in [-0.1, -0.05) is 24.3 Å². The van der Waals surface area contributed by atoms with E-state index in [2.05, 4.69) is 29.6 Å². The van der Waals surface area contributed by atoms with Crippen LogP contribution in [0.4, 0.5) is 0 Å². The SMILES string of the molecule is COC(O)C1CCNC(c2ccc([C@@H]3CC34CCN(C(=O)[C@H]3CCCO3)CC4)cc2)C1. The molecule has 1 aliphatic carbocycles. The van der Waals surface area contributed by atoms with Crippen LogP contribution < -0.4 is 5.32 Å². The summed E-state index contributed by atoms with van der Waals surface area (Å²) in [6.07, 6.45) is 6.35. The summed E-state index contributed by atoms with van der Waals surface area (Å²) in [6.45, 7) is 3.39. The molecule has 5 rings (SSSR count). The Balaban J connectivity index is 1.16. The zero-order valence-electron chi connectivity index (χ0n) is 18.6. The Kier molecular flexibility index (Phi) is 6.08. The van der Waals surface area contributed by atoms with Gasteiger partial charge in [0.25, 0.3) is 5.91 Å². The topological polar surface area (TPSA) is 71.0 Å². The van der Waals surface area contributed by atoms with E-state index in [1.807, 2.05) is 4.90 Å². The summed E-state index contributed by atoms with van der Waals surface area (Å²) >= 11 is 0. The largest absolute Gasteiger partial charge is 0.368 e. The van der Waals surface area contributed by atoms with E-state index in [1.165, 1.54) is 17.5 Å². The highest BCUT2D eigenvalue weighted by molar-refractivity contribution is 5.81. The number of benzene rings is 1. The number of likely N-dealkylation sites (tertiary alicyclic amines) is 1. The van der Waals surface area contributed by atoms with E-state index in [1.54, 1.807) is 7.11 Å². The van der Waals surface area contributed by atoms with E-state index in [4.69, 9.17) is 9.47 Å². The van der Waals surface area contributed by atoms with Crippen LogP contribution in [0.1, 0.15) is 68.0 Å². The minimum absolute atomic E-state index is 0.185. The summed E-state index contributed by atoms with van der Waals surface area (Å²) in [7, 11) is 1.57. The van der Waals surface area contributed by atoms with Crippen LogP contribution in [0.15, 0.2) is 24.3 Å². The lowest BCUT2D eigenvalue weighted by Gasteiger charge is -2.34. The third-order valence-electron chi connectivity index (χ3n) is 8.30. The molecule has 0 bridgehead atoms. The molecule has 6 nitrogen and oxygen atoms in total. The zero-order valence-corrected chi connectivity index (χ0v) is 18.6. The first-order valence-electron chi connectivity index (χ1n) is 12.0. The second-order valence-electron chi connectivity index (χ2n) is 10.0. The summed E-state index contributed by atoms with van der Waals surface area (Å²) < 4.78 is 10.7. The highest BCUT2D eigenvalue weighted by Crippen LogP contribution is 2.65. The third kappa shape index (κ3) is 4.28. The number of hydrogen-bond acceptors (Lipinski definition) is 5. The number of carbonyl (C=O) groups is 1. The van der Waals surface area contributed by atoms with E-state index in [0.717, 1.165) is 64.8 Å². The van der Waals surface area contributed by atoms with Crippen LogP contribution >= 0.6 is 0 Å². The van der Waals surface area contributed by atoms with Crippen molar-refractivity contribution < 1.29 is 19.4 Å². The summed E-state index contributed by atoms with van der Waals surface area (Å²) in [6, 6.07) is 9.40. The fourth-order valence-electron chi connectivity index (χ4n) is 6.13. The minimum atomic E-state index is -0.673. The number of rotatable bonds is 5. The predicted molar refractivity (Wildman–Crippen MR) is 118 cm³/mol. The third-order valence-corrected chi connectivity index (χ3v) is 8.30. The van der Waals surface area contributed by atoms with Crippen molar-refractivity contribution >= 4 is 5.91 Å². The van der Waals surface area contributed by atoms with E-state index in [-0.39, 0.29) is 24.0 Å². The Labute approximate surface area is 185 Å². The molecule has 1 amide bonds. The quantitative estimate of drug-likeness (QED) is 0.706. The molecule has 3 unspecified atom stereocenters. The second kappa shape index (κ2) is 8.81. The summed E-state index contributed by atoms with van der Waals surface area (Å²) in [5.74, 6) is 1.03. The Bertz CT molecular complexity index is 768. The summed E-state index contributed by atoms with van der Waals surface area (Å²) in [4.78, 5) is 14.7. The van der Waals surface area contributed by atoms with Gasteiger partial charge >= 0.3 is 0 Å². The number of ether oxygens (including phenoxy) is 2. The van der Waals surface area contributed by atoms with Crippen molar-refractivity contribution in [3.05, 3.63) is 35.4 Å². The molecule has 3 aliphatic heterocycles. The van der Waals surface area contributed by atoms with Gasteiger partial charge in [0.15, 0.2) is 6.29 Å². The van der Waals surface area contributed by atoms with Crippen LogP contribution in [0.5, 0.6) is 0 Å². The molecule has 170 valence electrons. The number of nitrogens with one attached hydrogen (secondary N) is 1. The minimum Gasteiger partial charge on any atom is -0.368 e. The summed E-state index contributed by atoms with van der Waals surface area (Å²) in [5.41, 5.74) is 3.13. The fraction of sp³-hybridized carbons (Fsp3) is 0.720. The average molecular weight is 429 g/mol. The van der Waals surface area contributed by atoms with Gasteiger partial charge in [-0.2, -0.15) is 0 Å². The molecule has 6 heteroatoms. The van der Waals surface area contributed by atoms with E-state index in [0.29, 0.717) is 11.3 Å². The highest BCUT2D eigenvalue weighted by Gasteiger charge is 2.55. The molecule has 1 aromatic carbocycles. The van der Waals surface area contributed by atoms with E-state index >= 15 is 0 Å². The van der Waals surface area contributed by atoms with Gasteiger partial charge in [-0.3, -0.25) is 4.79 Å². The maximum atomic E-state index is 12.6. The van der Waals surface area contributed by atoms with Crippen LogP contribution in [-0.2, 0) is 14.3 Å². The molecule has 3 saturated heterocycles. The molecule has 0 aromatic heterocycles. The lowest BCUT2D eigenvalue weighted by Crippen LogP contribution is -2.44. The molecule has 4 aliphatic rings. The molecule has 4 fully saturated rings. The maximum Gasteiger partial charge on any atom is 0.251 e. The first kappa shape index (κ1) is 21.4. The number of nitrogens with zero attached hydrogens (tertiary/aromatic N) is 1. The molecule has 5 atom stereocenters. The molecule has 0 radical (unpaired) electrons. The Hall–Kier alpha value is -1.47. The maximum absolute atomic E-state index is 12.6. The lowest BCUT2D eigenvalue weighted by atomic mass is 9.86. The van der Waals surface area contributed by atoms with Crippen LogP contribution in [-0.4, -0.2) is 61.7 Å². The normalized spacial score (nSPS) is 33.4. The molecule has 2 N–H and O–H groups in total. The van der Waals surface area contributed by atoms with Gasteiger partial charge in [0.1, 0.15) is 6.10 Å². The van der Waals surface area contributed by atoms with Gasteiger partial charge < -0.3 is 24.8 Å². The Morgan fingerprint density at radius 1 is 1.23 bits per heavy atom. The van der Waals surface area contributed by atoms with Crippen molar-refractivity contribution in [3.8, 4) is 0 Å². The van der Waals surface area contributed by atoms with Crippen LogP contribution in [0.2, 0.25) is 0 Å². The number of aliphatic hydroxyl groups excluding tert-OH is 1. The van der Waals surface area contributed by atoms with Gasteiger partial charge in [0.2, 0.25) is 0 Å². The van der Waals surface area contributed by atoms with Crippen molar-refractivity contribution in [1.82, 2.24) is 10.2 Å². The lowest BCUT2D eigenvalue weighted by molar-refractivity contribution is -0.142. The molecular formula is C25H36N2O4. The number of amides is 1. The molecule has 1 spiro atoms. The first-order valence-corrected chi connectivity index (χ1v) is 12.0. The molecular weight excluding hydrogens is 392 g/mol. The number of carbonyl (C=O) groups excluding carboxylic acids is 1. The van der Waals surface area contributed by atoms with Gasteiger partial charge in [-0.05, 0) is 74.0 Å². The monoisotopic (exact) mass is 428 g/mol. The van der Waals surface area contributed by atoms with Gasteiger partial charge in [0.05, 0.1) is 0 Å². The Morgan fingerprint density at radius 3 is 2.65 bits per heavy atom. The highest BCUT2D eigenvalue weighted by atomic mass is 16.6. The molecule has 3 heterocycles. The standard InChI is InChI=1S/C25H36N2O4/c1-30-24(29)19-8-11-26-21(15-19)18-6-4-17(5-7-18)20-16-25(20)9-12-27(13-10-25)23(28)22-3-2-14-31-22/h4-7,19-22,24,26,29H,2-3,8-16H2,1H3/t19?,20-,21?,22+,24?/m0/s1. The van der Waals surface area contributed by atoms with Crippen molar-refractivity contribution in [1.29, 1.82) is 0 Å². The van der Waals surface area contributed by atoms with Crippen molar-refractivity contribution in [2.75, 3.05) is 33.4 Å². The van der Waals surface area contributed by atoms with Crippen LogP contribution in [0.25, 0.3) is 0 Å². The number of aliphatic hydroxyl groups is 1. The van der Waals surface area contributed by atoms with E-state index in [9.17, 15) is 9.90 Å². The first-order chi connectivity index (χ1) is 15.1. The van der Waals surface area contributed by atoms with Gasteiger partial charge in [0, 0.05) is 38.8 Å². The molecule has 1 saturated carbocycles. The van der Waals surface area contributed by atoms with Crippen molar-refractivity contribution in [2.24, 2.45) is 11.3 Å². The van der Waals surface area contributed by atoms with Crippen LogP contribution in [0, 0.1) is 11.3 Å². The number of methoxy groups -OCH3 is 1. The number of hydrogen-bond donors (Lipinski definition) is 2. The van der Waals surface area contributed by atoms with Crippen LogP contribution in [0.3, 0.4) is 0 Å². The predicted octanol–water partition coefficient (Wildman–Crippen LogP) is 2.97. The van der Waals surface area contributed by atoms with E-state index < -0.39 is 6.29 Å². The smallest absolute Gasteiger partial charge is 0.251 e. The Morgan fingerprint density at radius 2 is 1.97 bits per heavy atom. The second-order valence-corrected chi connectivity index (χ2v) is 10.0. The number of piperidine rings is 2. The van der Waals surface area contributed by atoms with Crippen molar-refractivity contribution in [3.63, 3.8) is 0 Å². The van der Waals surface area contributed by atoms with Crippen molar-refractivity contribution in [2.45, 2.75) is 69.3 Å². The zero-order chi connectivity index (χ0) is 21.4. The average Bonchev–Trinajstić information content (AvgIpc) is 3.24. The molecule has 1 aromatic rings. The van der Waals surface area contributed by atoms with Gasteiger partial charge in [-0.25, -0.2) is 0 Å². The molecule has 31 heavy (non-hydrogen) atoms. The summed E-state index contributed by atoms with van der Waals surface area (Å²) in [5, 5.41) is 13.6. The fourth-order valence-corrected chi connectivity index (χ4v) is 6.13.